The van der Waals surface area contributed by atoms with Gasteiger partial charge in [-0.1, -0.05) is 6.07 Å². The molecule has 2 heterocycles. The molecule has 1 aliphatic rings. The average Bonchev–Trinajstić information content (AvgIpc) is 2.85. The highest BCUT2D eigenvalue weighted by Gasteiger charge is 2.26. The fraction of sp³-hybridized carbons (Fsp3) is 0.520. The molecule has 13 heteroatoms. The highest BCUT2D eigenvalue weighted by atomic mass is 32.2. The maximum absolute atomic E-state index is 14.7. The molecule has 1 fully saturated rings. The van der Waals surface area contributed by atoms with Gasteiger partial charge in [-0.25, -0.2) is 32.3 Å². The van der Waals surface area contributed by atoms with Crippen molar-refractivity contribution < 1.29 is 36.6 Å². The van der Waals surface area contributed by atoms with E-state index in [0.29, 0.717) is 42.9 Å². The van der Waals surface area contributed by atoms with Gasteiger partial charge < -0.3 is 19.1 Å². The second-order valence-electron chi connectivity index (χ2n) is 9.30. The number of benzene rings is 1. The molecule has 1 aliphatic heterocycles. The van der Waals surface area contributed by atoms with E-state index in [4.69, 9.17) is 14.2 Å². The average molecular weight is 553 g/mol. The van der Waals surface area contributed by atoms with Crippen molar-refractivity contribution in [3.05, 3.63) is 41.5 Å². The molecular weight excluding hydrogens is 519 g/mol. The van der Waals surface area contributed by atoms with E-state index in [9.17, 15) is 22.4 Å². The molecule has 2 aromatic rings. The number of sulfonamides is 1. The molecule has 0 spiro atoms. The van der Waals surface area contributed by atoms with Crippen LogP contribution in [0.2, 0.25) is 0 Å². The highest BCUT2D eigenvalue weighted by Crippen LogP contribution is 2.31. The first-order valence-electron chi connectivity index (χ1n) is 12.3. The summed E-state index contributed by atoms with van der Waals surface area (Å²) in [5.74, 6) is -0.935. The third-order valence-corrected chi connectivity index (χ3v) is 7.04. The smallest absolute Gasteiger partial charge is 0.410 e. The van der Waals surface area contributed by atoms with Crippen LogP contribution in [0.15, 0.2) is 24.5 Å². The van der Waals surface area contributed by atoms with Gasteiger partial charge in [0.1, 0.15) is 18.2 Å². The summed E-state index contributed by atoms with van der Waals surface area (Å²) in [6, 6.07) is 4.15. The Morgan fingerprint density at radius 3 is 2.50 bits per heavy atom. The van der Waals surface area contributed by atoms with Crippen molar-refractivity contribution in [2.24, 2.45) is 0 Å². The van der Waals surface area contributed by atoms with Crippen LogP contribution in [0.3, 0.4) is 0 Å². The van der Waals surface area contributed by atoms with Crippen molar-refractivity contribution >= 4 is 21.9 Å². The van der Waals surface area contributed by atoms with E-state index >= 15 is 0 Å². The highest BCUT2D eigenvalue weighted by molar-refractivity contribution is 7.89. The number of halogens is 1. The van der Waals surface area contributed by atoms with Crippen molar-refractivity contribution in [3.63, 3.8) is 0 Å². The summed E-state index contributed by atoms with van der Waals surface area (Å²) >= 11 is 0. The number of carbonyl (C=O) groups is 2. The van der Waals surface area contributed by atoms with Gasteiger partial charge in [-0.2, -0.15) is 0 Å². The number of Topliss-reactive ketones (excluding diaryl/α,β-unsaturated/α-hetero) is 1. The predicted octanol–water partition coefficient (Wildman–Crippen LogP) is 3.16. The summed E-state index contributed by atoms with van der Waals surface area (Å²) in [6.45, 7) is 7.30. The van der Waals surface area contributed by atoms with Crippen LogP contribution in [0, 0.1) is 12.7 Å². The van der Waals surface area contributed by atoms with Gasteiger partial charge in [0, 0.05) is 25.9 Å². The Morgan fingerprint density at radius 1 is 1.18 bits per heavy atom. The maximum atomic E-state index is 14.7. The van der Waals surface area contributed by atoms with E-state index < -0.39 is 15.8 Å². The topological polar surface area (TPSA) is 137 Å². The first kappa shape index (κ1) is 29.2. The Labute approximate surface area is 221 Å². The summed E-state index contributed by atoms with van der Waals surface area (Å²) in [5.41, 5.74) is 0.940. The molecule has 1 aromatic carbocycles. The van der Waals surface area contributed by atoms with Crippen LogP contribution in [-0.4, -0.2) is 72.8 Å². The molecule has 1 N–H and O–H groups in total. The molecule has 0 bridgehead atoms. The Kier molecular flexibility index (Phi) is 9.97. The number of aromatic nitrogens is 2. The molecule has 0 atom stereocenters. The van der Waals surface area contributed by atoms with Gasteiger partial charge in [0.2, 0.25) is 21.8 Å². The number of piperidine rings is 1. The molecular formula is C25H33FN4O7S. The van der Waals surface area contributed by atoms with Gasteiger partial charge in [0.15, 0.2) is 11.6 Å². The SMILES string of the molecule is CC(=O)CNS(=O)(=O)CCc1ccc(Oc2ncnc(OC3CCN(C(=O)OC(C)C)CC3)c2C)c(F)c1. The third-order valence-electron chi connectivity index (χ3n) is 5.71. The molecule has 0 radical (unpaired) electrons. The number of nitrogens with one attached hydrogen (secondary N) is 1. The van der Waals surface area contributed by atoms with Crippen molar-refractivity contribution in [1.82, 2.24) is 19.6 Å². The summed E-state index contributed by atoms with van der Waals surface area (Å²) < 4.78 is 57.8. The van der Waals surface area contributed by atoms with Crippen molar-refractivity contribution in [1.29, 1.82) is 0 Å². The van der Waals surface area contributed by atoms with Gasteiger partial charge in [0.05, 0.1) is 24.0 Å². The minimum absolute atomic E-state index is 0.0585. The lowest BCUT2D eigenvalue weighted by atomic mass is 10.1. The second kappa shape index (κ2) is 13.0. The third kappa shape index (κ3) is 8.62. The number of ketones is 1. The first-order chi connectivity index (χ1) is 17.9. The van der Waals surface area contributed by atoms with Crippen LogP contribution >= 0.6 is 0 Å². The van der Waals surface area contributed by atoms with Gasteiger partial charge in [0.25, 0.3) is 0 Å². The van der Waals surface area contributed by atoms with E-state index in [-0.39, 0.29) is 54.4 Å². The number of aryl methyl sites for hydroxylation is 1. The molecule has 38 heavy (non-hydrogen) atoms. The molecule has 1 aromatic heterocycles. The predicted molar refractivity (Wildman–Crippen MR) is 136 cm³/mol. The maximum Gasteiger partial charge on any atom is 0.410 e. The molecule has 0 saturated carbocycles. The van der Waals surface area contributed by atoms with Crippen LogP contribution in [0.4, 0.5) is 9.18 Å². The van der Waals surface area contributed by atoms with E-state index in [0.717, 1.165) is 0 Å². The van der Waals surface area contributed by atoms with Crippen LogP contribution in [0.5, 0.6) is 17.5 Å². The minimum atomic E-state index is -3.66. The van der Waals surface area contributed by atoms with Crippen molar-refractivity contribution in [2.45, 2.75) is 59.2 Å². The number of likely N-dealkylation sites (tertiary alicyclic amines) is 1. The number of carbonyl (C=O) groups excluding carboxylic acids is 2. The minimum Gasteiger partial charge on any atom is -0.474 e. The summed E-state index contributed by atoms with van der Waals surface area (Å²) in [7, 11) is -3.66. The van der Waals surface area contributed by atoms with E-state index in [2.05, 4.69) is 14.7 Å². The van der Waals surface area contributed by atoms with E-state index in [1.807, 2.05) is 0 Å². The molecule has 1 amide bonds. The lowest BCUT2D eigenvalue weighted by molar-refractivity contribution is -0.115. The fourth-order valence-corrected chi connectivity index (χ4v) is 4.73. The van der Waals surface area contributed by atoms with Crippen LogP contribution < -0.4 is 14.2 Å². The largest absolute Gasteiger partial charge is 0.474 e. The number of nitrogens with zero attached hydrogens (tertiary/aromatic N) is 3. The van der Waals surface area contributed by atoms with E-state index in [1.54, 1.807) is 31.7 Å². The Morgan fingerprint density at radius 2 is 1.87 bits per heavy atom. The van der Waals surface area contributed by atoms with Gasteiger partial charge in [-0.05, 0) is 51.8 Å². The van der Waals surface area contributed by atoms with Gasteiger partial charge >= 0.3 is 6.09 Å². The number of amides is 1. The number of hydrogen-bond acceptors (Lipinski definition) is 9. The molecule has 3 rings (SSSR count). The molecule has 11 nitrogen and oxygen atoms in total. The lowest BCUT2D eigenvalue weighted by Gasteiger charge is -2.31. The monoisotopic (exact) mass is 552 g/mol. The van der Waals surface area contributed by atoms with Gasteiger partial charge in [-0.3, -0.25) is 4.79 Å². The zero-order valence-electron chi connectivity index (χ0n) is 21.9. The summed E-state index contributed by atoms with van der Waals surface area (Å²) in [4.78, 5) is 33.0. The first-order valence-corrected chi connectivity index (χ1v) is 14.0. The van der Waals surface area contributed by atoms with Crippen molar-refractivity contribution in [2.75, 3.05) is 25.4 Å². The quantitative estimate of drug-likeness (QED) is 0.446. The summed E-state index contributed by atoms with van der Waals surface area (Å²) in [5, 5.41) is 0. The lowest BCUT2D eigenvalue weighted by Crippen LogP contribution is -2.42. The molecule has 0 unspecified atom stereocenters. The zero-order valence-corrected chi connectivity index (χ0v) is 22.7. The van der Waals surface area contributed by atoms with Crippen LogP contribution in [-0.2, 0) is 26.0 Å². The van der Waals surface area contributed by atoms with Crippen LogP contribution in [0.1, 0.15) is 44.7 Å². The molecule has 0 aliphatic carbocycles. The van der Waals surface area contributed by atoms with E-state index in [1.165, 1.54) is 25.4 Å². The Hall–Kier alpha value is -3.32. The Balaban J connectivity index is 1.58. The normalized spacial score (nSPS) is 14.4. The number of hydrogen-bond donors (Lipinski definition) is 1. The zero-order chi connectivity index (χ0) is 27.9. The Bertz CT molecular complexity index is 1250. The second-order valence-corrected chi connectivity index (χ2v) is 11.2. The van der Waals surface area contributed by atoms with Gasteiger partial charge in [-0.15, -0.1) is 0 Å². The van der Waals surface area contributed by atoms with Crippen molar-refractivity contribution in [3.8, 4) is 17.5 Å². The van der Waals surface area contributed by atoms with Crippen LogP contribution in [0.25, 0.3) is 0 Å². The number of rotatable bonds is 11. The number of ether oxygens (including phenoxy) is 3. The summed E-state index contributed by atoms with van der Waals surface area (Å²) in [6.07, 6.45) is 1.83. The molecule has 1 saturated heterocycles. The molecule has 208 valence electrons. The standard InChI is InChI=1S/C25H33FN4O7S/c1-16(2)35-25(32)30-10-7-20(8-11-30)36-23-18(4)24(28-15-27-23)37-22-6-5-19(13-21(22)26)9-12-38(33,34)29-14-17(3)31/h5-6,13,15-16,20,29H,7-12,14H2,1-4H3. The fourth-order valence-electron chi connectivity index (χ4n) is 3.65.